The molecule has 0 saturated carbocycles. The van der Waals surface area contributed by atoms with E-state index >= 15 is 0 Å². The lowest BCUT2D eigenvalue weighted by Crippen LogP contribution is -2.37. The van der Waals surface area contributed by atoms with Gasteiger partial charge < -0.3 is 10.6 Å². The van der Waals surface area contributed by atoms with Crippen LogP contribution in [0.3, 0.4) is 0 Å². The summed E-state index contributed by atoms with van der Waals surface area (Å²) in [5, 5.41) is 14.8. The van der Waals surface area contributed by atoms with Crippen molar-refractivity contribution < 1.29 is 0 Å². The van der Waals surface area contributed by atoms with E-state index in [1.165, 1.54) is 5.56 Å². The second kappa shape index (κ2) is 11.6. The van der Waals surface area contributed by atoms with Gasteiger partial charge in [0.2, 0.25) is 0 Å². The van der Waals surface area contributed by atoms with Gasteiger partial charge in [0, 0.05) is 28.8 Å². The maximum absolute atomic E-state index is 6.19. The number of guanidine groups is 1. The minimum atomic E-state index is 0. The Morgan fingerprint density at radius 1 is 1.24 bits per heavy atom. The number of aryl methyl sites for hydroxylation is 2. The van der Waals surface area contributed by atoms with E-state index in [4.69, 9.17) is 23.2 Å². The van der Waals surface area contributed by atoms with Crippen molar-refractivity contribution in [2.45, 2.75) is 33.2 Å². The van der Waals surface area contributed by atoms with Crippen LogP contribution in [-0.2, 0) is 13.0 Å². The first kappa shape index (κ1) is 22.1. The van der Waals surface area contributed by atoms with E-state index in [0.29, 0.717) is 16.6 Å². The molecule has 25 heavy (non-hydrogen) atoms. The molecule has 0 atom stereocenters. The molecule has 0 spiro atoms. The van der Waals surface area contributed by atoms with Gasteiger partial charge in [-0.3, -0.25) is 5.10 Å². The summed E-state index contributed by atoms with van der Waals surface area (Å²) in [5.41, 5.74) is 3.34. The number of hydrogen-bond donors (Lipinski definition) is 3. The summed E-state index contributed by atoms with van der Waals surface area (Å²) in [4.78, 5) is 4.57. The SMILES string of the molecule is CCNC(=NCc1ccc(Cl)cc1Cl)NCCCc1cn[nH]c1C.I. The molecule has 0 aliphatic heterocycles. The van der Waals surface area contributed by atoms with Crippen molar-refractivity contribution in [3.8, 4) is 0 Å². The largest absolute Gasteiger partial charge is 0.357 e. The lowest BCUT2D eigenvalue weighted by molar-refractivity contribution is 0.742. The average molecular weight is 496 g/mol. The monoisotopic (exact) mass is 495 g/mol. The van der Waals surface area contributed by atoms with Gasteiger partial charge in [-0.15, -0.1) is 24.0 Å². The van der Waals surface area contributed by atoms with Gasteiger partial charge in [-0.2, -0.15) is 5.10 Å². The summed E-state index contributed by atoms with van der Waals surface area (Å²) in [7, 11) is 0. The number of rotatable bonds is 7. The molecule has 2 rings (SSSR count). The smallest absolute Gasteiger partial charge is 0.191 e. The van der Waals surface area contributed by atoms with E-state index < -0.39 is 0 Å². The van der Waals surface area contributed by atoms with Crippen LogP contribution in [0.4, 0.5) is 0 Å². The van der Waals surface area contributed by atoms with Crippen LogP contribution in [0.15, 0.2) is 29.4 Å². The van der Waals surface area contributed by atoms with Crippen molar-refractivity contribution in [1.82, 2.24) is 20.8 Å². The van der Waals surface area contributed by atoms with Crippen molar-refractivity contribution in [2.75, 3.05) is 13.1 Å². The lowest BCUT2D eigenvalue weighted by Gasteiger charge is -2.11. The Balaban J connectivity index is 0.00000312. The molecule has 3 N–H and O–H groups in total. The molecule has 0 aliphatic carbocycles. The summed E-state index contributed by atoms with van der Waals surface area (Å²) >= 11 is 12.1. The highest BCUT2D eigenvalue weighted by Crippen LogP contribution is 2.21. The maximum Gasteiger partial charge on any atom is 0.191 e. The molecule has 0 amide bonds. The van der Waals surface area contributed by atoms with Crippen LogP contribution in [0.5, 0.6) is 0 Å². The number of halogens is 3. The van der Waals surface area contributed by atoms with Gasteiger partial charge in [0.1, 0.15) is 0 Å². The maximum atomic E-state index is 6.19. The predicted octanol–water partition coefficient (Wildman–Crippen LogP) is 4.33. The third-order valence-electron chi connectivity index (χ3n) is 3.62. The Morgan fingerprint density at radius 3 is 2.68 bits per heavy atom. The van der Waals surface area contributed by atoms with Crippen LogP contribution in [-0.4, -0.2) is 29.2 Å². The first-order chi connectivity index (χ1) is 11.6. The minimum absolute atomic E-state index is 0. The van der Waals surface area contributed by atoms with Gasteiger partial charge in [-0.05, 0) is 49.9 Å². The van der Waals surface area contributed by atoms with Crippen molar-refractivity contribution >= 4 is 53.1 Å². The molecule has 0 fully saturated rings. The molecule has 0 bridgehead atoms. The van der Waals surface area contributed by atoms with Crippen molar-refractivity contribution in [3.63, 3.8) is 0 Å². The number of aliphatic imine (C=N–C) groups is 1. The summed E-state index contributed by atoms with van der Waals surface area (Å²) < 4.78 is 0. The van der Waals surface area contributed by atoms with E-state index in [1.807, 2.05) is 32.2 Å². The molecule has 5 nitrogen and oxygen atoms in total. The molecule has 1 aromatic carbocycles. The molecule has 0 radical (unpaired) electrons. The van der Waals surface area contributed by atoms with E-state index in [9.17, 15) is 0 Å². The quantitative estimate of drug-likeness (QED) is 0.232. The summed E-state index contributed by atoms with van der Waals surface area (Å²) in [6.07, 6.45) is 3.88. The Hall–Kier alpha value is -0.990. The highest BCUT2D eigenvalue weighted by Gasteiger charge is 2.03. The van der Waals surface area contributed by atoms with Crippen LogP contribution >= 0.6 is 47.2 Å². The standard InChI is InChI=1S/C17H23Cl2N5.HI/c1-3-20-17(21-8-4-5-13-11-23-24-12(13)2)22-10-14-6-7-15(18)9-16(14)19;/h6-7,9,11H,3-5,8,10H2,1-2H3,(H,23,24)(H2,20,21,22);1H. The second-order valence-electron chi connectivity index (χ2n) is 5.48. The summed E-state index contributed by atoms with van der Waals surface area (Å²) in [6.45, 7) is 6.23. The predicted molar refractivity (Wildman–Crippen MR) is 116 cm³/mol. The molecular weight excluding hydrogens is 472 g/mol. The number of nitrogens with zero attached hydrogens (tertiary/aromatic N) is 2. The number of hydrogen-bond acceptors (Lipinski definition) is 2. The van der Waals surface area contributed by atoms with Crippen molar-refractivity contribution in [3.05, 3.63) is 51.3 Å². The van der Waals surface area contributed by atoms with Gasteiger partial charge in [0.05, 0.1) is 12.7 Å². The van der Waals surface area contributed by atoms with Crippen LogP contribution in [0, 0.1) is 6.92 Å². The normalized spacial score (nSPS) is 11.1. The van der Waals surface area contributed by atoms with Crippen LogP contribution in [0.25, 0.3) is 0 Å². The number of H-pyrrole nitrogens is 1. The molecule has 8 heteroatoms. The zero-order valence-electron chi connectivity index (χ0n) is 14.4. The molecular formula is C17H24Cl2IN5. The number of aromatic amines is 1. The highest BCUT2D eigenvalue weighted by molar-refractivity contribution is 14.0. The lowest BCUT2D eigenvalue weighted by atomic mass is 10.1. The topological polar surface area (TPSA) is 65.1 Å². The fourth-order valence-electron chi connectivity index (χ4n) is 2.27. The summed E-state index contributed by atoms with van der Waals surface area (Å²) in [6, 6.07) is 5.47. The fourth-order valence-corrected chi connectivity index (χ4v) is 2.74. The van der Waals surface area contributed by atoms with Gasteiger partial charge in [0.25, 0.3) is 0 Å². The molecule has 1 aromatic heterocycles. The van der Waals surface area contributed by atoms with Gasteiger partial charge in [0.15, 0.2) is 5.96 Å². The van der Waals surface area contributed by atoms with Crippen LogP contribution in [0.2, 0.25) is 10.0 Å². The molecule has 2 aromatic rings. The van der Waals surface area contributed by atoms with Gasteiger partial charge in [-0.25, -0.2) is 4.99 Å². The molecule has 1 heterocycles. The summed E-state index contributed by atoms with van der Waals surface area (Å²) in [5.74, 6) is 0.785. The van der Waals surface area contributed by atoms with E-state index in [-0.39, 0.29) is 24.0 Å². The third-order valence-corrected chi connectivity index (χ3v) is 4.20. The third kappa shape index (κ3) is 7.42. The Bertz CT molecular complexity index is 687. The first-order valence-corrected chi connectivity index (χ1v) is 8.80. The van der Waals surface area contributed by atoms with Crippen LogP contribution in [0.1, 0.15) is 30.2 Å². The molecule has 138 valence electrons. The molecule has 0 unspecified atom stereocenters. The average Bonchev–Trinajstić information content (AvgIpc) is 2.95. The fraction of sp³-hybridized carbons (Fsp3) is 0.412. The number of nitrogens with one attached hydrogen (secondary N) is 3. The van der Waals surface area contributed by atoms with E-state index in [2.05, 4.69) is 25.8 Å². The molecule has 0 aliphatic rings. The Morgan fingerprint density at radius 2 is 2.04 bits per heavy atom. The van der Waals surface area contributed by atoms with Crippen LogP contribution < -0.4 is 10.6 Å². The molecule has 0 saturated heterocycles. The second-order valence-corrected chi connectivity index (χ2v) is 6.33. The van der Waals surface area contributed by atoms with Crippen molar-refractivity contribution in [1.29, 1.82) is 0 Å². The Kier molecular flexibility index (Phi) is 10.2. The Labute approximate surface area is 176 Å². The zero-order valence-corrected chi connectivity index (χ0v) is 18.2. The minimum Gasteiger partial charge on any atom is -0.357 e. The zero-order chi connectivity index (χ0) is 17.4. The first-order valence-electron chi connectivity index (χ1n) is 8.05. The van der Waals surface area contributed by atoms with E-state index in [1.54, 1.807) is 6.07 Å². The number of benzene rings is 1. The number of aromatic nitrogens is 2. The van der Waals surface area contributed by atoms with Gasteiger partial charge >= 0.3 is 0 Å². The van der Waals surface area contributed by atoms with Crippen molar-refractivity contribution in [2.24, 2.45) is 4.99 Å². The highest BCUT2D eigenvalue weighted by atomic mass is 127. The van der Waals surface area contributed by atoms with Gasteiger partial charge in [-0.1, -0.05) is 29.3 Å². The van der Waals surface area contributed by atoms with E-state index in [0.717, 1.165) is 43.1 Å².